The lowest BCUT2D eigenvalue weighted by Gasteiger charge is -2.34. The molecule has 1 fully saturated rings. The summed E-state index contributed by atoms with van der Waals surface area (Å²) in [5, 5.41) is 0. The molecule has 0 saturated carbocycles. The highest BCUT2D eigenvalue weighted by Crippen LogP contribution is 2.26. The summed E-state index contributed by atoms with van der Waals surface area (Å²) < 4.78 is 1.05. The molecule has 0 aromatic heterocycles. The van der Waals surface area contributed by atoms with Crippen molar-refractivity contribution >= 4 is 39.5 Å². The third kappa shape index (κ3) is 5.48. The quantitative estimate of drug-likeness (QED) is 0.668. The fourth-order valence-corrected chi connectivity index (χ4v) is 4.31. The van der Waals surface area contributed by atoms with Crippen LogP contribution in [0.1, 0.15) is 32.3 Å². The molecule has 0 atom stereocenters. The van der Waals surface area contributed by atoms with Gasteiger partial charge in [0.1, 0.15) is 0 Å². The number of piperidine rings is 1. The number of carbonyl (C=O) groups excluding carboxylic acids is 2. The topological polar surface area (TPSA) is 40.6 Å². The van der Waals surface area contributed by atoms with E-state index < -0.39 is 0 Å². The van der Waals surface area contributed by atoms with Crippen molar-refractivity contribution in [3.05, 3.63) is 28.2 Å². The van der Waals surface area contributed by atoms with Crippen LogP contribution in [0.3, 0.4) is 0 Å². The van der Waals surface area contributed by atoms with Gasteiger partial charge < -0.3 is 9.80 Å². The Morgan fingerprint density at radius 1 is 1.32 bits per heavy atom. The Morgan fingerprint density at radius 2 is 1.96 bits per heavy atom. The van der Waals surface area contributed by atoms with Crippen LogP contribution in [0.15, 0.2) is 27.6 Å². The molecule has 1 aliphatic rings. The maximum atomic E-state index is 12.5. The van der Waals surface area contributed by atoms with Crippen molar-refractivity contribution in [1.29, 1.82) is 0 Å². The van der Waals surface area contributed by atoms with Crippen LogP contribution in [0, 0.1) is 12.8 Å². The third-order valence-corrected chi connectivity index (χ3v) is 6.46. The van der Waals surface area contributed by atoms with Crippen LogP contribution in [0.4, 0.5) is 0 Å². The average Bonchev–Trinajstić information content (AvgIpc) is 2.59. The van der Waals surface area contributed by atoms with Gasteiger partial charge in [-0.3, -0.25) is 9.59 Å². The number of rotatable bonds is 5. The molecule has 0 bridgehead atoms. The number of benzene rings is 1. The summed E-state index contributed by atoms with van der Waals surface area (Å²) in [4.78, 5) is 29.7. The van der Waals surface area contributed by atoms with Gasteiger partial charge in [0.25, 0.3) is 0 Å². The summed E-state index contributed by atoms with van der Waals surface area (Å²) in [5.74, 6) is 0.877. The van der Waals surface area contributed by atoms with Gasteiger partial charge in [0.2, 0.25) is 11.8 Å². The molecule has 1 aromatic rings. The van der Waals surface area contributed by atoms with E-state index in [2.05, 4.69) is 28.9 Å². The minimum absolute atomic E-state index is 0.0535. The van der Waals surface area contributed by atoms with E-state index in [1.807, 2.05) is 42.8 Å². The third-order valence-electron chi connectivity index (χ3n) is 4.81. The lowest BCUT2D eigenvalue weighted by molar-refractivity contribution is -0.140. The van der Waals surface area contributed by atoms with Crippen molar-refractivity contribution in [2.75, 3.05) is 25.9 Å². The number of halogens is 1. The Hall–Kier alpha value is -1.01. The summed E-state index contributed by atoms with van der Waals surface area (Å²) in [6.45, 7) is 7.47. The van der Waals surface area contributed by atoms with Gasteiger partial charge in [-0.2, -0.15) is 0 Å². The Kier molecular flexibility index (Phi) is 7.37. The largest absolute Gasteiger partial charge is 0.343 e. The Bertz CT molecular complexity index is 628. The second-order valence-electron chi connectivity index (χ2n) is 6.90. The molecule has 2 amide bonds. The molecule has 0 radical (unpaired) electrons. The smallest absolute Gasteiger partial charge is 0.232 e. The summed E-state index contributed by atoms with van der Waals surface area (Å²) in [6, 6.07) is 6.33. The van der Waals surface area contributed by atoms with Crippen molar-refractivity contribution < 1.29 is 9.59 Å². The lowest BCUT2D eigenvalue weighted by atomic mass is 9.95. The first-order valence-corrected chi connectivity index (χ1v) is 10.5. The molecule has 0 spiro atoms. The minimum atomic E-state index is 0.0535. The van der Waals surface area contributed by atoms with Gasteiger partial charge in [0.05, 0.1) is 5.75 Å². The van der Waals surface area contributed by atoms with Crippen molar-refractivity contribution in [2.45, 2.75) is 44.6 Å². The van der Waals surface area contributed by atoms with Crippen LogP contribution >= 0.6 is 27.7 Å². The van der Waals surface area contributed by atoms with E-state index >= 15 is 0 Å². The highest BCUT2D eigenvalue weighted by atomic mass is 79.9. The molecule has 0 N–H and O–H groups in total. The number of nitrogens with zero attached hydrogens (tertiary/aromatic N) is 2. The maximum Gasteiger partial charge on any atom is 0.232 e. The second kappa shape index (κ2) is 9.08. The number of hydrogen-bond donors (Lipinski definition) is 0. The van der Waals surface area contributed by atoms with Gasteiger partial charge in [0.15, 0.2) is 0 Å². The molecule has 1 aliphatic heterocycles. The van der Waals surface area contributed by atoms with E-state index in [0.717, 1.165) is 22.2 Å². The SMILES string of the molecule is Cc1cc(Br)ccc1SCC(=O)N1CCC(C(=O)N(C)C(C)C)CC1. The molecular formula is C19H27BrN2O2S. The fourth-order valence-electron chi connectivity index (χ4n) is 2.92. The molecule has 0 aliphatic carbocycles. The maximum absolute atomic E-state index is 12.5. The molecule has 1 aromatic carbocycles. The molecule has 25 heavy (non-hydrogen) atoms. The molecule has 0 unspecified atom stereocenters. The summed E-state index contributed by atoms with van der Waals surface area (Å²) in [7, 11) is 1.86. The van der Waals surface area contributed by atoms with Crippen LogP contribution < -0.4 is 0 Å². The van der Waals surface area contributed by atoms with Crippen molar-refractivity contribution in [3.8, 4) is 0 Å². The number of hydrogen-bond acceptors (Lipinski definition) is 3. The Morgan fingerprint density at radius 3 is 2.52 bits per heavy atom. The van der Waals surface area contributed by atoms with E-state index in [1.165, 1.54) is 5.56 Å². The van der Waals surface area contributed by atoms with Crippen molar-refractivity contribution in [1.82, 2.24) is 9.80 Å². The zero-order valence-corrected chi connectivity index (χ0v) is 17.8. The molecular weight excluding hydrogens is 400 g/mol. The van der Waals surface area contributed by atoms with Crippen LogP contribution in [-0.2, 0) is 9.59 Å². The van der Waals surface area contributed by atoms with Gasteiger partial charge in [0, 0.05) is 41.5 Å². The van der Waals surface area contributed by atoms with Crippen molar-refractivity contribution in [2.24, 2.45) is 5.92 Å². The van der Waals surface area contributed by atoms with E-state index in [0.29, 0.717) is 18.8 Å². The van der Waals surface area contributed by atoms with E-state index in [4.69, 9.17) is 0 Å². The number of amides is 2. The molecule has 2 rings (SSSR count). The number of aryl methyl sites for hydroxylation is 1. The standard InChI is InChI=1S/C19H27BrN2O2S/c1-13(2)21(4)19(24)15-7-9-22(10-8-15)18(23)12-25-17-6-5-16(20)11-14(17)3/h5-6,11,13,15H,7-10,12H2,1-4H3. The first-order valence-electron chi connectivity index (χ1n) is 8.73. The van der Waals surface area contributed by atoms with E-state index in [-0.39, 0.29) is 23.8 Å². The van der Waals surface area contributed by atoms with Gasteiger partial charge in [-0.25, -0.2) is 0 Å². The average molecular weight is 427 g/mol. The Labute approximate surface area is 163 Å². The zero-order chi connectivity index (χ0) is 18.6. The van der Waals surface area contributed by atoms with Gasteiger partial charge in [-0.15, -0.1) is 11.8 Å². The van der Waals surface area contributed by atoms with Crippen LogP contribution in [0.5, 0.6) is 0 Å². The monoisotopic (exact) mass is 426 g/mol. The van der Waals surface area contributed by atoms with Gasteiger partial charge >= 0.3 is 0 Å². The first kappa shape index (κ1) is 20.3. The van der Waals surface area contributed by atoms with Crippen LogP contribution in [0.25, 0.3) is 0 Å². The van der Waals surface area contributed by atoms with Crippen molar-refractivity contribution in [3.63, 3.8) is 0 Å². The number of likely N-dealkylation sites (tertiary alicyclic amines) is 1. The second-order valence-corrected chi connectivity index (χ2v) is 8.83. The predicted molar refractivity (Wildman–Crippen MR) is 107 cm³/mol. The molecule has 6 heteroatoms. The summed E-state index contributed by atoms with van der Waals surface area (Å²) in [5.41, 5.74) is 1.17. The van der Waals surface area contributed by atoms with Gasteiger partial charge in [-0.1, -0.05) is 15.9 Å². The highest BCUT2D eigenvalue weighted by Gasteiger charge is 2.29. The summed E-state index contributed by atoms with van der Waals surface area (Å²) >= 11 is 5.05. The normalized spacial score (nSPS) is 15.5. The highest BCUT2D eigenvalue weighted by molar-refractivity contribution is 9.10. The fraction of sp³-hybridized carbons (Fsp3) is 0.579. The number of carbonyl (C=O) groups is 2. The zero-order valence-electron chi connectivity index (χ0n) is 15.4. The predicted octanol–water partition coefficient (Wildman–Crippen LogP) is 3.96. The van der Waals surface area contributed by atoms with Crippen LogP contribution in [-0.4, -0.2) is 53.5 Å². The lowest BCUT2D eigenvalue weighted by Crippen LogP contribution is -2.45. The van der Waals surface area contributed by atoms with Gasteiger partial charge in [-0.05, 0) is 57.4 Å². The molecule has 1 saturated heterocycles. The molecule has 138 valence electrons. The minimum Gasteiger partial charge on any atom is -0.343 e. The summed E-state index contributed by atoms with van der Waals surface area (Å²) in [6.07, 6.45) is 1.53. The van der Waals surface area contributed by atoms with E-state index in [1.54, 1.807) is 11.8 Å². The number of thioether (sulfide) groups is 1. The first-order chi connectivity index (χ1) is 11.8. The molecule has 4 nitrogen and oxygen atoms in total. The van der Waals surface area contributed by atoms with E-state index in [9.17, 15) is 9.59 Å². The Balaban J connectivity index is 1.82. The van der Waals surface area contributed by atoms with Crippen LogP contribution in [0.2, 0.25) is 0 Å². The molecule has 1 heterocycles.